The first kappa shape index (κ1) is 21.2. The Hall–Kier alpha value is -3.37. The van der Waals surface area contributed by atoms with E-state index in [0.29, 0.717) is 53.2 Å². The van der Waals surface area contributed by atoms with Gasteiger partial charge in [0.05, 0.1) is 28.3 Å². The Labute approximate surface area is 203 Å². The summed E-state index contributed by atoms with van der Waals surface area (Å²) >= 11 is 3.44. The van der Waals surface area contributed by atoms with Crippen molar-refractivity contribution >= 4 is 60.9 Å². The van der Waals surface area contributed by atoms with Crippen LogP contribution in [0.2, 0.25) is 0 Å². The van der Waals surface area contributed by atoms with Crippen LogP contribution < -0.4 is 9.62 Å². The summed E-state index contributed by atoms with van der Waals surface area (Å²) in [5.74, 6) is -0.729. The summed E-state index contributed by atoms with van der Waals surface area (Å²) in [7, 11) is -3.83. The second-order valence-electron chi connectivity index (χ2n) is 8.30. The van der Waals surface area contributed by atoms with E-state index in [-0.39, 0.29) is 17.4 Å². The van der Waals surface area contributed by atoms with Crippen molar-refractivity contribution < 1.29 is 22.7 Å². The fourth-order valence-electron chi connectivity index (χ4n) is 4.71. The van der Waals surface area contributed by atoms with E-state index in [2.05, 4.69) is 26.2 Å². The maximum atomic E-state index is 13.5. The largest absolute Gasteiger partial charge is 0.462 e. The second-order valence-corrected chi connectivity index (χ2v) is 11.1. The lowest BCUT2D eigenvalue weighted by Crippen LogP contribution is -2.29. The lowest BCUT2D eigenvalue weighted by molar-refractivity contribution is -0.110. The summed E-state index contributed by atoms with van der Waals surface area (Å²) in [6.45, 7) is 0.634. The molecule has 0 fully saturated rings. The fraction of sp³-hybridized carbons (Fsp3) is 0.167. The van der Waals surface area contributed by atoms with Gasteiger partial charge in [0, 0.05) is 40.6 Å². The molecule has 3 aliphatic heterocycles. The highest BCUT2D eigenvalue weighted by Gasteiger charge is 2.33. The van der Waals surface area contributed by atoms with Gasteiger partial charge in [0.15, 0.2) is 0 Å². The molecule has 0 saturated carbocycles. The Bertz CT molecular complexity index is 1540. The number of aromatic amines is 1. The van der Waals surface area contributed by atoms with Gasteiger partial charge in [-0.3, -0.25) is 9.10 Å². The van der Waals surface area contributed by atoms with Gasteiger partial charge >= 0.3 is 5.97 Å². The van der Waals surface area contributed by atoms with Gasteiger partial charge in [0.25, 0.3) is 15.9 Å². The van der Waals surface area contributed by atoms with Crippen LogP contribution in [-0.4, -0.2) is 38.4 Å². The summed E-state index contributed by atoms with van der Waals surface area (Å²) in [5.41, 5.74) is 4.88. The number of nitrogens with one attached hydrogen (secondary N) is 2. The molecule has 0 saturated heterocycles. The Morgan fingerprint density at radius 3 is 2.76 bits per heavy atom. The van der Waals surface area contributed by atoms with Gasteiger partial charge < -0.3 is 15.0 Å². The van der Waals surface area contributed by atoms with Crippen molar-refractivity contribution in [2.24, 2.45) is 0 Å². The zero-order chi connectivity index (χ0) is 23.6. The topological polar surface area (TPSA) is 109 Å². The third-order valence-electron chi connectivity index (χ3n) is 6.37. The van der Waals surface area contributed by atoms with Gasteiger partial charge in [-0.2, -0.15) is 0 Å². The molecule has 0 radical (unpaired) electrons. The van der Waals surface area contributed by atoms with Crippen molar-refractivity contribution in [2.75, 3.05) is 22.8 Å². The molecule has 3 aliphatic rings. The standard InChI is InChI=1S/C24H18BrN3O5S/c25-14-1-4-22-13(9-14)5-7-28(22)34(31,32)15-2-3-20-17(10-15)18(23(29)27-20)11-21-16-6-8-33-24(30)19(16)12-26-21/h1-4,9-12,26H,5-8H2,(H,27,29)/b18-11-. The summed E-state index contributed by atoms with van der Waals surface area (Å²) in [6.07, 6.45) is 4.40. The number of cyclic esters (lactones) is 1. The van der Waals surface area contributed by atoms with Gasteiger partial charge in [-0.15, -0.1) is 0 Å². The third-order valence-corrected chi connectivity index (χ3v) is 8.67. The Morgan fingerprint density at radius 1 is 1.06 bits per heavy atom. The summed E-state index contributed by atoms with van der Waals surface area (Å²) in [6, 6.07) is 10.2. The molecule has 4 heterocycles. The fourth-order valence-corrected chi connectivity index (χ4v) is 6.64. The molecule has 1 aromatic heterocycles. The van der Waals surface area contributed by atoms with Crippen molar-refractivity contribution in [3.05, 3.63) is 75.0 Å². The number of benzene rings is 2. The van der Waals surface area contributed by atoms with E-state index in [4.69, 9.17) is 4.74 Å². The predicted octanol–water partition coefficient (Wildman–Crippen LogP) is 3.73. The second kappa shape index (κ2) is 7.57. The zero-order valence-electron chi connectivity index (χ0n) is 17.7. The highest BCUT2D eigenvalue weighted by Crippen LogP contribution is 2.39. The van der Waals surface area contributed by atoms with Crippen LogP contribution in [-0.2, 0) is 32.4 Å². The molecule has 0 aliphatic carbocycles. The minimum Gasteiger partial charge on any atom is -0.462 e. The molecule has 0 unspecified atom stereocenters. The smallest absolute Gasteiger partial charge is 0.339 e. The van der Waals surface area contributed by atoms with Crippen molar-refractivity contribution in [3.8, 4) is 0 Å². The number of hydrogen-bond acceptors (Lipinski definition) is 5. The summed E-state index contributed by atoms with van der Waals surface area (Å²) in [4.78, 5) is 27.9. The van der Waals surface area contributed by atoms with E-state index < -0.39 is 16.0 Å². The molecule has 34 heavy (non-hydrogen) atoms. The van der Waals surface area contributed by atoms with Crippen molar-refractivity contribution in [1.82, 2.24) is 4.98 Å². The SMILES string of the molecule is O=C1Nc2ccc(S(=O)(=O)N3CCc4cc(Br)ccc43)cc2/C1=C/c1[nH]cc2c1CCOC2=O. The summed E-state index contributed by atoms with van der Waals surface area (Å²) < 4.78 is 34.5. The zero-order valence-corrected chi connectivity index (χ0v) is 20.1. The van der Waals surface area contributed by atoms with Crippen molar-refractivity contribution in [3.63, 3.8) is 0 Å². The van der Waals surface area contributed by atoms with Crippen LogP contribution in [0.25, 0.3) is 11.6 Å². The quantitative estimate of drug-likeness (QED) is 0.389. The number of carbonyl (C=O) groups excluding carboxylic acids is 2. The van der Waals surface area contributed by atoms with E-state index in [0.717, 1.165) is 15.6 Å². The third kappa shape index (κ3) is 3.20. The number of H-pyrrole nitrogens is 1. The minimum absolute atomic E-state index is 0.113. The van der Waals surface area contributed by atoms with E-state index in [1.165, 1.54) is 16.4 Å². The number of aromatic nitrogens is 1. The summed E-state index contributed by atoms with van der Waals surface area (Å²) in [5, 5.41) is 2.79. The van der Waals surface area contributed by atoms with Crippen LogP contribution >= 0.6 is 15.9 Å². The molecule has 8 nitrogen and oxygen atoms in total. The number of carbonyl (C=O) groups is 2. The average molecular weight is 540 g/mol. The molecule has 0 spiro atoms. The number of anilines is 2. The van der Waals surface area contributed by atoms with Crippen LogP contribution in [0.1, 0.15) is 32.7 Å². The minimum atomic E-state index is -3.83. The van der Waals surface area contributed by atoms with Crippen LogP contribution in [0.15, 0.2) is 52.0 Å². The normalized spacial score (nSPS) is 17.9. The van der Waals surface area contributed by atoms with Crippen LogP contribution in [0.3, 0.4) is 0 Å². The Kier molecular flexibility index (Phi) is 4.72. The Morgan fingerprint density at radius 2 is 1.91 bits per heavy atom. The first-order valence-electron chi connectivity index (χ1n) is 10.7. The molecule has 172 valence electrons. The molecular weight excluding hydrogens is 522 g/mol. The van der Waals surface area contributed by atoms with Crippen molar-refractivity contribution in [1.29, 1.82) is 0 Å². The predicted molar refractivity (Wildman–Crippen MR) is 130 cm³/mol. The van der Waals surface area contributed by atoms with Gasteiger partial charge in [0.2, 0.25) is 0 Å². The van der Waals surface area contributed by atoms with Crippen LogP contribution in [0.5, 0.6) is 0 Å². The number of ether oxygens (including phenoxy) is 1. The molecule has 0 bridgehead atoms. The van der Waals surface area contributed by atoms with E-state index in [1.54, 1.807) is 24.4 Å². The highest BCUT2D eigenvalue weighted by molar-refractivity contribution is 9.10. The number of sulfonamides is 1. The number of fused-ring (bicyclic) bond motifs is 3. The van der Waals surface area contributed by atoms with Gasteiger partial charge in [-0.1, -0.05) is 15.9 Å². The highest BCUT2D eigenvalue weighted by atomic mass is 79.9. The van der Waals surface area contributed by atoms with E-state index in [1.807, 2.05) is 12.1 Å². The van der Waals surface area contributed by atoms with E-state index in [9.17, 15) is 18.0 Å². The van der Waals surface area contributed by atoms with E-state index >= 15 is 0 Å². The molecule has 6 rings (SSSR count). The lowest BCUT2D eigenvalue weighted by atomic mass is 10.0. The number of halogens is 1. The lowest BCUT2D eigenvalue weighted by Gasteiger charge is -2.20. The molecule has 3 aromatic rings. The number of esters is 1. The maximum Gasteiger partial charge on any atom is 0.339 e. The van der Waals surface area contributed by atoms with Gasteiger partial charge in [-0.05, 0) is 60.0 Å². The molecule has 1 amide bonds. The van der Waals surface area contributed by atoms with Gasteiger partial charge in [-0.25, -0.2) is 13.2 Å². The average Bonchev–Trinajstić information content (AvgIpc) is 3.50. The Balaban J connectivity index is 1.41. The van der Waals surface area contributed by atoms with Crippen molar-refractivity contribution in [2.45, 2.75) is 17.7 Å². The first-order valence-corrected chi connectivity index (χ1v) is 12.9. The maximum absolute atomic E-state index is 13.5. The number of hydrogen-bond donors (Lipinski definition) is 2. The monoisotopic (exact) mass is 539 g/mol. The molecule has 2 N–H and O–H groups in total. The number of nitrogens with zero attached hydrogens (tertiary/aromatic N) is 1. The van der Waals surface area contributed by atoms with Gasteiger partial charge in [0.1, 0.15) is 0 Å². The first-order chi connectivity index (χ1) is 16.3. The van der Waals surface area contributed by atoms with Crippen LogP contribution in [0, 0.1) is 0 Å². The number of rotatable bonds is 3. The number of amides is 1. The molecular formula is C24H18BrN3O5S. The molecule has 10 heteroatoms. The molecule has 0 atom stereocenters. The molecule has 2 aromatic carbocycles. The van der Waals surface area contributed by atoms with Crippen LogP contribution in [0.4, 0.5) is 11.4 Å².